The highest BCUT2D eigenvalue weighted by Crippen LogP contribution is 2.24. The molecule has 1 fully saturated rings. The smallest absolute Gasteiger partial charge is 0.319 e. The molecule has 0 aromatic rings. The molecule has 0 aromatic heterocycles. The fourth-order valence-electron chi connectivity index (χ4n) is 1.56. The lowest BCUT2D eigenvalue weighted by atomic mass is 9.92. The Morgan fingerprint density at radius 3 is 2.33 bits per heavy atom. The monoisotopic (exact) mass is 214 g/mol. The third-order valence-corrected chi connectivity index (χ3v) is 2.91. The van der Waals surface area contributed by atoms with Crippen molar-refractivity contribution >= 4 is 12.0 Å². The van der Waals surface area contributed by atoms with E-state index in [4.69, 9.17) is 5.11 Å². The molecule has 0 heterocycles. The van der Waals surface area contributed by atoms with E-state index in [2.05, 4.69) is 0 Å². The van der Waals surface area contributed by atoms with Gasteiger partial charge in [-0.15, -0.1) is 0 Å². The molecule has 0 saturated heterocycles. The van der Waals surface area contributed by atoms with E-state index in [0.29, 0.717) is 6.04 Å². The molecule has 0 aliphatic heterocycles. The summed E-state index contributed by atoms with van der Waals surface area (Å²) in [7, 11) is 3.42. The minimum Gasteiger partial charge on any atom is -0.481 e. The Balaban J connectivity index is 2.33. The number of carboxylic acids is 1. The standard InChI is InChI=1S/C10H18N2O3/c1-11(7-6-9(13)14)10(15)12(2)8-4-3-5-8/h8H,3-7H2,1-2H3,(H,13,14). The summed E-state index contributed by atoms with van der Waals surface area (Å²) in [5.41, 5.74) is 0. The van der Waals surface area contributed by atoms with Gasteiger partial charge in [0.1, 0.15) is 0 Å². The lowest BCUT2D eigenvalue weighted by Crippen LogP contribution is -2.47. The molecule has 0 atom stereocenters. The number of carbonyl (C=O) groups excluding carboxylic acids is 1. The van der Waals surface area contributed by atoms with Crippen LogP contribution in [0.1, 0.15) is 25.7 Å². The van der Waals surface area contributed by atoms with Crippen molar-refractivity contribution in [3.63, 3.8) is 0 Å². The number of nitrogens with zero attached hydrogens (tertiary/aromatic N) is 2. The molecule has 5 nitrogen and oxygen atoms in total. The van der Waals surface area contributed by atoms with Gasteiger partial charge in [0.15, 0.2) is 0 Å². The summed E-state index contributed by atoms with van der Waals surface area (Å²) in [6.07, 6.45) is 3.31. The topological polar surface area (TPSA) is 60.9 Å². The summed E-state index contributed by atoms with van der Waals surface area (Å²) in [6.45, 7) is 0.269. The van der Waals surface area contributed by atoms with Crippen molar-refractivity contribution in [3.8, 4) is 0 Å². The van der Waals surface area contributed by atoms with E-state index in [1.165, 1.54) is 11.3 Å². The van der Waals surface area contributed by atoms with Crippen LogP contribution in [-0.4, -0.2) is 53.6 Å². The van der Waals surface area contributed by atoms with Crippen molar-refractivity contribution in [2.75, 3.05) is 20.6 Å². The number of carboxylic acid groups (broad SMARTS) is 1. The molecular formula is C10H18N2O3. The van der Waals surface area contributed by atoms with E-state index < -0.39 is 5.97 Å². The number of hydrogen-bond acceptors (Lipinski definition) is 2. The van der Waals surface area contributed by atoms with Crippen LogP contribution in [0.4, 0.5) is 4.79 Å². The molecule has 5 heteroatoms. The highest BCUT2D eigenvalue weighted by atomic mass is 16.4. The first-order valence-electron chi connectivity index (χ1n) is 5.22. The SMILES string of the molecule is CN(CCC(=O)O)C(=O)N(C)C1CCC1. The van der Waals surface area contributed by atoms with Gasteiger partial charge in [0.2, 0.25) is 0 Å². The van der Waals surface area contributed by atoms with Crippen LogP contribution in [-0.2, 0) is 4.79 Å². The predicted molar refractivity (Wildman–Crippen MR) is 55.7 cm³/mol. The van der Waals surface area contributed by atoms with Crippen LogP contribution >= 0.6 is 0 Å². The molecule has 0 aromatic carbocycles. The normalized spacial score (nSPS) is 15.6. The van der Waals surface area contributed by atoms with Gasteiger partial charge in [0.05, 0.1) is 6.42 Å². The first-order valence-corrected chi connectivity index (χ1v) is 5.22. The molecular weight excluding hydrogens is 196 g/mol. The molecule has 1 saturated carbocycles. The summed E-state index contributed by atoms with van der Waals surface area (Å²) in [5.74, 6) is -0.874. The number of aliphatic carboxylic acids is 1. The maximum atomic E-state index is 11.7. The Hall–Kier alpha value is -1.26. The molecule has 1 rings (SSSR count). The average Bonchev–Trinajstić information content (AvgIpc) is 2.09. The minimum absolute atomic E-state index is 0.000741. The van der Waals surface area contributed by atoms with E-state index in [1.807, 2.05) is 0 Å². The van der Waals surface area contributed by atoms with Crippen LogP contribution in [0.15, 0.2) is 0 Å². The third-order valence-electron chi connectivity index (χ3n) is 2.91. The maximum absolute atomic E-state index is 11.7. The van der Waals surface area contributed by atoms with Gasteiger partial charge in [-0.25, -0.2) is 4.79 Å². The van der Waals surface area contributed by atoms with Gasteiger partial charge in [-0.2, -0.15) is 0 Å². The van der Waals surface area contributed by atoms with E-state index in [0.717, 1.165) is 12.8 Å². The zero-order valence-corrected chi connectivity index (χ0v) is 9.27. The van der Waals surface area contributed by atoms with E-state index in [-0.39, 0.29) is 19.0 Å². The molecule has 86 valence electrons. The lowest BCUT2D eigenvalue weighted by molar-refractivity contribution is -0.137. The van der Waals surface area contributed by atoms with Gasteiger partial charge >= 0.3 is 12.0 Å². The first kappa shape index (κ1) is 11.8. The molecule has 0 bridgehead atoms. The van der Waals surface area contributed by atoms with Crippen LogP contribution in [0.3, 0.4) is 0 Å². The van der Waals surface area contributed by atoms with Crippen molar-refractivity contribution < 1.29 is 14.7 Å². The highest BCUT2D eigenvalue weighted by Gasteiger charge is 2.27. The zero-order chi connectivity index (χ0) is 11.4. The maximum Gasteiger partial charge on any atom is 0.319 e. The lowest BCUT2D eigenvalue weighted by Gasteiger charge is -2.36. The fourth-order valence-corrected chi connectivity index (χ4v) is 1.56. The van der Waals surface area contributed by atoms with Gasteiger partial charge in [0, 0.05) is 26.7 Å². The third kappa shape index (κ3) is 3.11. The molecule has 1 aliphatic rings. The Morgan fingerprint density at radius 2 is 1.93 bits per heavy atom. The summed E-state index contributed by atoms with van der Waals surface area (Å²) in [4.78, 5) is 25.3. The minimum atomic E-state index is -0.874. The molecule has 1 aliphatic carbocycles. The zero-order valence-electron chi connectivity index (χ0n) is 9.27. The van der Waals surface area contributed by atoms with Gasteiger partial charge in [-0.3, -0.25) is 4.79 Å². The van der Waals surface area contributed by atoms with Gasteiger partial charge in [-0.05, 0) is 19.3 Å². The molecule has 15 heavy (non-hydrogen) atoms. The number of urea groups is 1. The molecule has 2 amide bonds. The first-order chi connectivity index (χ1) is 7.02. The van der Waals surface area contributed by atoms with Crippen LogP contribution in [0.25, 0.3) is 0 Å². The van der Waals surface area contributed by atoms with Gasteiger partial charge in [0.25, 0.3) is 0 Å². The molecule has 0 unspecified atom stereocenters. The molecule has 0 radical (unpaired) electrons. The van der Waals surface area contributed by atoms with E-state index in [1.54, 1.807) is 19.0 Å². The Labute approximate surface area is 89.7 Å². The average molecular weight is 214 g/mol. The molecule has 0 spiro atoms. The Kier molecular flexibility index (Phi) is 3.94. The summed E-state index contributed by atoms with van der Waals surface area (Å²) < 4.78 is 0. The van der Waals surface area contributed by atoms with Crippen LogP contribution in [0.2, 0.25) is 0 Å². The van der Waals surface area contributed by atoms with Gasteiger partial charge in [-0.1, -0.05) is 0 Å². The largest absolute Gasteiger partial charge is 0.481 e. The Bertz CT molecular complexity index is 251. The van der Waals surface area contributed by atoms with Crippen molar-refractivity contribution in [2.24, 2.45) is 0 Å². The number of carbonyl (C=O) groups is 2. The van der Waals surface area contributed by atoms with Crippen molar-refractivity contribution in [1.29, 1.82) is 0 Å². The summed E-state index contributed by atoms with van der Waals surface area (Å²) in [6, 6.07) is 0.269. The van der Waals surface area contributed by atoms with E-state index >= 15 is 0 Å². The van der Waals surface area contributed by atoms with E-state index in [9.17, 15) is 9.59 Å². The van der Waals surface area contributed by atoms with Crippen LogP contribution < -0.4 is 0 Å². The summed E-state index contributed by atoms with van der Waals surface area (Å²) >= 11 is 0. The Morgan fingerprint density at radius 1 is 1.33 bits per heavy atom. The van der Waals surface area contributed by atoms with Crippen LogP contribution in [0.5, 0.6) is 0 Å². The fraction of sp³-hybridized carbons (Fsp3) is 0.800. The molecule has 1 N–H and O–H groups in total. The second kappa shape index (κ2) is 5.00. The number of hydrogen-bond donors (Lipinski definition) is 1. The van der Waals surface area contributed by atoms with Crippen molar-refractivity contribution in [1.82, 2.24) is 9.80 Å². The van der Waals surface area contributed by atoms with Crippen LogP contribution in [0, 0.1) is 0 Å². The quantitative estimate of drug-likeness (QED) is 0.759. The predicted octanol–water partition coefficient (Wildman–Crippen LogP) is 0.997. The highest BCUT2D eigenvalue weighted by molar-refractivity contribution is 5.75. The summed E-state index contributed by atoms with van der Waals surface area (Å²) in [5, 5.41) is 8.50. The van der Waals surface area contributed by atoms with Gasteiger partial charge < -0.3 is 14.9 Å². The van der Waals surface area contributed by atoms with Crippen molar-refractivity contribution in [2.45, 2.75) is 31.7 Å². The second-order valence-corrected chi connectivity index (χ2v) is 4.04. The number of rotatable bonds is 4. The number of amides is 2. The van der Waals surface area contributed by atoms with Crippen molar-refractivity contribution in [3.05, 3.63) is 0 Å². The second-order valence-electron chi connectivity index (χ2n) is 4.04.